The van der Waals surface area contributed by atoms with E-state index in [0.717, 1.165) is 12.8 Å². The molecule has 0 aliphatic carbocycles. The molecule has 0 rings (SSSR count). The maximum Gasteiger partial charge on any atom is 0.309 e. The third kappa shape index (κ3) is 5.68. The summed E-state index contributed by atoms with van der Waals surface area (Å²) in [7, 11) is 1.44. The second-order valence-electron chi connectivity index (χ2n) is 4.10. The fourth-order valence-corrected chi connectivity index (χ4v) is 1.86. The Labute approximate surface area is 102 Å². The van der Waals surface area contributed by atoms with Crippen LogP contribution in [0.1, 0.15) is 40.0 Å². The van der Waals surface area contributed by atoms with Gasteiger partial charge in [-0.3, -0.25) is 9.59 Å². The van der Waals surface area contributed by atoms with E-state index in [9.17, 15) is 9.59 Å². The highest BCUT2D eigenvalue weighted by molar-refractivity contribution is 5.71. The van der Waals surface area contributed by atoms with Crippen molar-refractivity contribution < 1.29 is 24.2 Å². The lowest BCUT2D eigenvalue weighted by atomic mass is 9.93. The normalized spacial score (nSPS) is 16.0. The van der Waals surface area contributed by atoms with Gasteiger partial charge < -0.3 is 14.6 Å². The third-order valence-electron chi connectivity index (χ3n) is 2.67. The minimum absolute atomic E-state index is 0.431. The van der Waals surface area contributed by atoms with Crippen molar-refractivity contribution >= 4 is 11.9 Å². The first-order chi connectivity index (χ1) is 7.93. The molecular weight excluding hydrogens is 224 g/mol. The van der Waals surface area contributed by atoms with Crippen molar-refractivity contribution in [3.05, 3.63) is 0 Å². The van der Waals surface area contributed by atoms with Crippen molar-refractivity contribution in [1.29, 1.82) is 0 Å². The molecule has 100 valence electrons. The van der Waals surface area contributed by atoms with Gasteiger partial charge in [0.05, 0.1) is 5.92 Å². The van der Waals surface area contributed by atoms with E-state index in [1.54, 1.807) is 6.92 Å². The summed E-state index contributed by atoms with van der Waals surface area (Å²) in [6.45, 7) is 4.94. The van der Waals surface area contributed by atoms with Gasteiger partial charge in [0.2, 0.25) is 0 Å². The Morgan fingerprint density at radius 3 is 2.29 bits per heavy atom. The summed E-state index contributed by atoms with van der Waals surface area (Å²) in [5.41, 5.74) is 0. The number of ether oxygens (including phenoxy) is 2. The lowest BCUT2D eigenvalue weighted by molar-refractivity contribution is -0.163. The molecule has 0 radical (unpaired) electrons. The first-order valence-electron chi connectivity index (χ1n) is 5.86. The van der Waals surface area contributed by atoms with Crippen LogP contribution in [-0.4, -0.2) is 36.4 Å². The number of carboxylic acid groups (broad SMARTS) is 1. The van der Waals surface area contributed by atoms with E-state index in [4.69, 9.17) is 14.6 Å². The Morgan fingerprint density at radius 1 is 1.35 bits per heavy atom. The van der Waals surface area contributed by atoms with Crippen molar-refractivity contribution in [3.63, 3.8) is 0 Å². The number of rotatable bonds is 8. The SMILES string of the molecule is CCCCC(C(=O)O)C(OC)C(C)OC(C)=O. The zero-order valence-electron chi connectivity index (χ0n) is 10.9. The lowest BCUT2D eigenvalue weighted by Gasteiger charge is -2.27. The number of hydrogen-bond donors (Lipinski definition) is 1. The highest BCUT2D eigenvalue weighted by Gasteiger charge is 2.33. The van der Waals surface area contributed by atoms with E-state index in [1.165, 1.54) is 14.0 Å². The Kier molecular flexibility index (Phi) is 7.54. The van der Waals surface area contributed by atoms with Gasteiger partial charge in [-0.05, 0) is 13.3 Å². The molecule has 0 fully saturated rings. The number of unbranched alkanes of at least 4 members (excludes halogenated alkanes) is 1. The highest BCUT2D eigenvalue weighted by Crippen LogP contribution is 2.20. The summed E-state index contributed by atoms with van der Waals surface area (Å²) < 4.78 is 10.2. The monoisotopic (exact) mass is 246 g/mol. The molecule has 0 spiro atoms. The molecule has 17 heavy (non-hydrogen) atoms. The average molecular weight is 246 g/mol. The summed E-state index contributed by atoms with van der Waals surface area (Å²) in [5.74, 6) is -1.99. The maximum absolute atomic E-state index is 11.2. The summed E-state index contributed by atoms with van der Waals surface area (Å²) in [6, 6.07) is 0. The molecule has 3 unspecified atom stereocenters. The van der Waals surface area contributed by atoms with Crippen LogP contribution in [0.4, 0.5) is 0 Å². The van der Waals surface area contributed by atoms with Crippen LogP contribution in [0, 0.1) is 5.92 Å². The zero-order valence-corrected chi connectivity index (χ0v) is 10.9. The van der Waals surface area contributed by atoms with E-state index in [-0.39, 0.29) is 0 Å². The first kappa shape index (κ1) is 15.9. The van der Waals surface area contributed by atoms with E-state index in [2.05, 4.69) is 0 Å². The Hall–Kier alpha value is -1.10. The smallest absolute Gasteiger partial charge is 0.309 e. The summed E-state index contributed by atoms with van der Waals surface area (Å²) in [4.78, 5) is 22.0. The molecule has 3 atom stereocenters. The van der Waals surface area contributed by atoms with Crippen LogP contribution in [0.3, 0.4) is 0 Å². The van der Waals surface area contributed by atoms with Crippen LogP contribution >= 0.6 is 0 Å². The molecule has 5 heteroatoms. The van der Waals surface area contributed by atoms with Gasteiger partial charge in [-0.1, -0.05) is 19.8 Å². The van der Waals surface area contributed by atoms with E-state index >= 15 is 0 Å². The van der Waals surface area contributed by atoms with Crippen LogP contribution in [0.15, 0.2) is 0 Å². The molecule has 0 heterocycles. The quantitative estimate of drug-likeness (QED) is 0.661. The molecule has 1 N–H and O–H groups in total. The molecule has 0 saturated carbocycles. The fraction of sp³-hybridized carbons (Fsp3) is 0.833. The van der Waals surface area contributed by atoms with Crippen molar-refractivity contribution in [2.75, 3.05) is 7.11 Å². The molecule has 5 nitrogen and oxygen atoms in total. The summed E-state index contributed by atoms with van der Waals surface area (Å²) in [5, 5.41) is 9.16. The predicted molar refractivity (Wildman–Crippen MR) is 62.7 cm³/mol. The summed E-state index contributed by atoms with van der Waals surface area (Å²) >= 11 is 0. The third-order valence-corrected chi connectivity index (χ3v) is 2.67. The van der Waals surface area contributed by atoms with Gasteiger partial charge in [0.1, 0.15) is 12.2 Å². The minimum atomic E-state index is -0.913. The standard InChI is InChI=1S/C12H22O5/c1-5-6-7-10(12(14)15)11(16-4)8(2)17-9(3)13/h8,10-11H,5-7H2,1-4H3,(H,14,15). The second-order valence-corrected chi connectivity index (χ2v) is 4.10. The van der Waals surface area contributed by atoms with Gasteiger partial charge in [-0.25, -0.2) is 0 Å². The van der Waals surface area contributed by atoms with E-state index in [0.29, 0.717) is 6.42 Å². The fourth-order valence-electron chi connectivity index (χ4n) is 1.86. The number of carboxylic acids is 1. The number of carbonyl (C=O) groups is 2. The Morgan fingerprint density at radius 2 is 1.94 bits per heavy atom. The molecule has 0 aromatic carbocycles. The van der Waals surface area contributed by atoms with E-state index in [1.807, 2.05) is 6.92 Å². The van der Waals surface area contributed by atoms with Crippen LogP contribution < -0.4 is 0 Å². The number of methoxy groups -OCH3 is 1. The highest BCUT2D eigenvalue weighted by atomic mass is 16.6. The first-order valence-corrected chi connectivity index (χ1v) is 5.86. The van der Waals surface area contributed by atoms with Crippen LogP contribution in [0.2, 0.25) is 0 Å². The van der Waals surface area contributed by atoms with Gasteiger partial charge in [-0.15, -0.1) is 0 Å². The largest absolute Gasteiger partial charge is 0.481 e. The van der Waals surface area contributed by atoms with Gasteiger partial charge in [0.15, 0.2) is 0 Å². The van der Waals surface area contributed by atoms with Gasteiger partial charge in [-0.2, -0.15) is 0 Å². The maximum atomic E-state index is 11.2. The lowest BCUT2D eigenvalue weighted by Crippen LogP contribution is -2.40. The van der Waals surface area contributed by atoms with Crippen molar-refractivity contribution in [2.24, 2.45) is 5.92 Å². The van der Waals surface area contributed by atoms with Crippen LogP contribution in [-0.2, 0) is 19.1 Å². The molecule has 0 bridgehead atoms. The molecule has 0 aromatic heterocycles. The molecule has 0 saturated heterocycles. The summed E-state index contributed by atoms with van der Waals surface area (Å²) in [6.07, 6.45) is 1.08. The molecule has 0 aromatic rings. The number of esters is 1. The Balaban J connectivity index is 4.64. The van der Waals surface area contributed by atoms with Crippen LogP contribution in [0.5, 0.6) is 0 Å². The van der Waals surface area contributed by atoms with Gasteiger partial charge >= 0.3 is 11.9 Å². The van der Waals surface area contributed by atoms with Gasteiger partial charge in [0.25, 0.3) is 0 Å². The Bertz CT molecular complexity index is 251. The van der Waals surface area contributed by atoms with Gasteiger partial charge in [0, 0.05) is 14.0 Å². The van der Waals surface area contributed by atoms with E-state index < -0.39 is 30.1 Å². The molecule has 0 aliphatic rings. The number of hydrogen-bond acceptors (Lipinski definition) is 4. The molecular formula is C12H22O5. The van der Waals surface area contributed by atoms with Crippen molar-refractivity contribution in [1.82, 2.24) is 0 Å². The predicted octanol–water partition coefficient (Wildman–Crippen LogP) is 1.84. The second kappa shape index (κ2) is 8.06. The average Bonchev–Trinajstić information content (AvgIpc) is 2.22. The zero-order chi connectivity index (χ0) is 13.4. The molecule has 0 amide bonds. The van der Waals surface area contributed by atoms with Crippen molar-refractivity contribution in [3.8, 4) is 0 Å². The number of aliphatic carboxylic acids is 1. The minimum Gasteiger partial charge on any atom is -0.481 e. The topological polar surface area (TPSA) is 72.8 Å². The van der Waals surface area contributed by atoms with Crippen LogP contribution in [0.25, 0.3) is 0 Å². The number of carbonyl (C=O) groups excluding carboxylic acids is 1. The van der Waals surface area contributed by atoms with Crippen molar-refractivity contribution in [2.45, 2.75) is 52.2 Å². The molecule has 0 aliphatic heterocycles.